The van der Waals surface area contributed by atoms with Crippen LogP contribution in [0.4, 0.5) is 5.69 Å². The van der Waals surface area contributed by atoms with E-state index >= 15 is 0 Å². The Balaban J connectivity index is 1.40. The second-order valence-corrected chi connectivity index (χ2v) is 10.6. The molecule has 178 valence electrons. The summed E-state index contributed by atoms with van der Waals surface area (Å²) in [5.74, 6) is -0.314. The van der Waals surface area contributed by atoms with Gasteiger partial charge in [-0.2, -0.15) is 0 Å². The summed E-state index contributed by atoms with van der Waals surface area (Å²) in [5.41, 5.74) is 1.13. The molecule has 2 saturated heterocycles. The molecule has 32 heavy (non-hydrogen) atoms. The standard InChI is InChI=1S/C24H39BN2O5/c1-22(2,3)30-21(28)18-29-17-16-26-12-14-27(15-13-26)20-10-8-19(9-11-20)25-31-23(4,5)24(6,7)32-25/h8-11H,12-18H2,1-7H3. The highest BCUT2D eigenvalue weighted by Gasteiger charge is 2.51. The topological polar surface area (TPSA) is 60.5 Å². The second kappa shape index (κ2) is 9.71. The van der Waals surface area contributed by atoms with Gasteiger partial charge in [-0.1, -0.05) is 12.1 Å². The Morgan fingerprint density at radius 3 is 2.09 bits per heavy atom. The maximum absolute atomic E-state index is 11.7. The first-order valence-corrected chi connectivity index (χ1v) is 11.6. The normalized spacial score (nSPS) is 21.1. The van der Waals surface area contributed by atoms with Gasteiger partial charge in [0.05, 0.1) is 17.8 Å². The Hall–Kier alpha value is -1.61. The van der Waals surface area contributed by atoms with E-state index in [1.165, 1.54) is 5.69 Å². The largest absolute Gasteiger partial charge is 0.494 e. The zero-order valence-electron chi connectivity index (χ0n) is 20.8. The molecule has 0 spiro atoms. The van der Waals surface area contributed by atoms with Crippen LogP contribution in [-0.4, -0.2) is 80.7 Å². The number of nitrogens with zero attached hydrogens (tertiary/aromatic N) is 2. The summed E-state index contributed by atoms with van der Waals surface area (Å²) in [6.45, 7) is 19.1. The molecule has 0 saturated carbocycles. The molecule has 3 rings (SSSR count). The number of carbonyl (C=O) groups excluding carboxylic acids is 1. The number of rotatable bonds is 7. The van der Waals surface area contributed by atoms with E-state index in [1.54, 1.807) is 0 Å². The molecular formula is C24H39BN2O5. The molecule has 0 aliphatic carbocycles. The minimum absolute atomic E-state index is 0.00632. The molecular weight excluding hydrogens is 407 g/mol. The summed E-state index contributed by atoms with van der Waals surface area (Å²) in [5, 5.41) is 0. The van der Waals surface area contributed by atoms with Gasteiger partial charge in [-0.25, -0.2) is 4.79 Å². The molecule has 2 aliphatic heterocycles. The Kier molecular flexibility index (Phi) is 7.60. The van der Waals surface area contributed by atoms with Crippen LogP contribution in [0.3, 0.4) is 0 Å². The van der Waals surface area contributed by atoms with Gasteiger partial charge < -0.3 is 23.7 Å². The summed E-state index contributed by atoms with van der Waals surface area (Å²) < 4.78 is 23.0. The second-order valence-electron chi connectivity index (χ2n) is 10.6. The number of anilines is 1. The Bertz CT molecular complexity index is 752. The third-order valence-electron chi connectivity index (χ3n) is 6.35. The van der Waals surface area contributed by atoms with E-state index in [1.807, 2.05) is 20.8 Å². The minimum atomic E-state index is -0.473. The van der Waals surface area contributed by atoms with Crippen LogP contribution in [-0.2, 0) is 23.6 Å². The molecule has 0 unspecified atom stereocenters. The number of hydrogen-bond acceptors (Lipinski definition) is 7. The SMILES string of the molecule is CC(C)(C)OC(=O)COCCN1CCN(c2ccc(B3OC(C)(C)C(C)(C)O3)cc2)CC1. The number of piperazine rings is 1. The number of benzene rings is 1. The minimum Gasteiger partial charge on any atom is -0.458 e. The van der Waals surface area contributed by atoms with Crippen molar-refractivity contribution in [2.75, 3.05) is 50.8 Å². The molecule has 2 aliphatic rings. The average molecular weight is 446 g/mol. The lowest BCUT2D eigenvalue weighted by atomic mass is 9.79. The van der Waals surface area contributed by atoms with E-state index in [0.29, 0.717) is 6.61 Å². The first-order chi connectivity index (χ1) is 14.9. The van der Waals surface area contributed by atoms with Gasteiger partial charge >= 0.3 is 13.1 Å². The summed E-state index contributed by atoms with van der Waals surface area (Å²) >= 11 is 0. The van der Waals surface area contributed by atoms with Crippen molar-refractivity contribution in [2.45, 2.75) is 65.3 Å². The van der Waals surface area contributed by atoms with Gasteiger partial charge in [0.2, 0.25) is 0 Å². The maximum Gasteiger partial charge on any atom is 0.494 e. The monoisotopic (exact) mass is 446 g/mol. The van der Waals surface area contributed by atoms with Crippen molar-refractivity contribution in [3.8, 4) is 0 Å². The van der Waals surface area contributed by atoms with Crippen molar-refractivity contribution < 1.29 is 23.6 Å². The molecule has 0 N–H and O–H groups in total. The van der Waals surface area contributed by atoms with Crippen LogP contribution in [0.2, 0.25) is 0 Å². The zero-order valence-corrected chi connectivity index (χ0v) is 20.8. The van der Waals surface area contributed by atoms with Crippen molar-refractivity contribution in [1.82, 2.24) is 4.90 Å². The van der Waals surface area contributed by atoms with Crippen molar-refractivity contribution >= 4 is 24.2 Å². The van der Waals surface area contributed by atoms with Crippen molar-refractivity contribution in [1.29, 1.82) is 0 Å². The highest BCUT2D eigenvalue weighted by atomic mass is 16.7. The number of hydrogen-bond donors (Lipinski definition) is 0. The average Bonchev–Trinajstić information content (AvgIpc) is 2.92. The predicted octanol–water partition coefficient (Wildman–Crippen LogP) is 2.47. The number of ether oxygens (including phenoxy) is 2. The first kappa shape index (κ1) is 25.0. The van der Waals surface area contributed by atoms with Crippen molar-refractivity contribution in [3.63, 3.8) is 0 Å². The smallest absolute Gasteiger partial charge is 0.458 e. The molecule has 0 amide bonds. The van der Waals surface area contributed by atoms with Crippen LogP contribution in [0.1, 0.15) is 48.5 Å². The maximum atomic E-state index is 11.7. The summed E-state index contributed by atoms with van der Waals surface area (Å²) in [6.07, 6.45) is 0. The van der Waals surface area contributed by atoms with E-state index < -0.39 is 5.60 Å². The van der Waals surface area contributed by atoms with Gasteiger partial charge in [0, 0.05) is 38.4 Å². The van der Waals surface area contributed by atoms with Crippen LogP contribution in [0.15, 0.2) is 24.3 Å². The molecule has 2 heterocycles. The first-order valence-electron chi connectivity index (χ1n) is 11.6. The predicted molar refractivity (Wildman–Crippen MR) is 127 cm³/mol. The number of carbonyl (C=O) groups is 1. The number of esters is 1. The summed E-state index contributed by atoms with van der Waals surface area (Å²) in [7, 11) is -0.327. The fourth-order valence-corrected chi connectivity index (χ4v) is 3.77. The Morgan fingerprint density at radius 1 is 1.00 bits per heavy atom. The highest BCUT2D eigenvalue weighted by molar-refractivity contribution is 6.62. The van der Waals surface area contributed by atoms with Gasteiger partial charge in [0.25, 0.3) is 0 Å². The molecule has 0 atom stereocenters. The third-order valence-corrected chi connectivity index (χ3v) is 6.35. The van der Waals surface area contributed by atoms with E-state index in [0.717, 1.165) is 38.2 Å². The molecule has 8 heteroatoms. The quantitative estimate of drug-likeness (QED) is 0.362. The third kappa shape index (κ3) is 6.47. The molecule has 1 aromatic rings. The lowest BCUT2D eigenvalue weighted by molar-refractivity contribution is -0.160. The molecule has 1 aromatic carbocycles. The fourth-order valence-electron chi connectivity index (χ4n) is 3.77. The zero-order chi connectivity index (χ0) is 23.6. The van der Waals surface area contributed by atoms with Gasteiger partial charge in [-0.3, -0.25) is 4.90 Å². The van der Waals surface area contributed by atoms with Gasteiger partial charge in [0.15, 0.2) is 0 Å². The van der Waals surface area contributed by atoms with Crippen LogP contribution in [0.5, 0.6) is 0 Å². The van der Waals surface area contributed by atoms with Gasteiger partial charge in [-0.05, 0) is 66.1 Å². The summed E-state index contributed by atoms with van der Waals surface area (Å²) in [6, 6.07) is 8.52. The fraction of sp³-hybridized carbons (Fsp3) is 0.708. The lowest BCUT2D eigenvalue weighted by Crippen LogP contribution is -2.47. The van der Waals surface area contributed by atoms with E-state index in [4.69, 9.17) is 18.8 Å². The lowest BCUT2D eigenvalue weighted by Gasteiger charge is -2.36. The molecule has 0 bridgehead atoms. The summed E-state index contributed by atoms with van der Waals surface area (Å²) in [4.78, 5) is 16.5. The van der Waals surface area contributed by atoms with Crippen LogP contribution < -0.4 is 10.4 Å². The van der Waals surface area contributed by atoms with E-state index in [2.05, 4.69) is 61.8 Å². The molecule has 0 aromatic heterocycles. The van der Waals surface area contributed by atoms with E-state index in [9.17, 15) is 4.79 Å². The van der Waals surface area contributed by atoms with Gasteiger partial charge in [-0.15, -0.1) is 0 Å². The van der Waals surface area contributed by atoms with E-state index in [-0.39, 0.29) is 30.9 Å². The van der Waals surface area contributed by atoms with Crippen LogP contribution >= 0.6 is 0 Å². The van der Waals surface area contributed by atoms with Crippen LogP contribution in [0.25, 0.3) is 0 Å². The van der Waals surface area contributed by atoms with Crippen molar-refractivity contribution in [2.24, 2.45) is 0 Å². The molecule has 7 nitrogen and oxygen atoms in total. The highest BCUT2D eigenvalue weighted by Crippen LogP contribution is 2.36. The molecule has 0 radical (unpaired) electrons. The van der Waals surface area contributed by atoms with Crippen molar-refractivity contribution in [3.05, 3.63) is 24.3 Å². The van der Waals surface area contributed by atoms with Crippen LogP contribution in [0, 0.1) is 0 Å². The Labute approximate surface area is 193 Å². The van der Waals surface area contributed by atoms with Gasteiger partial charge in [0.1, 0.15) is 12.2 Å². The Morgan fingerprint density at radius 2 is 1.56 bits per heavy atom. The molecule has 2 fully saturated rings.